The van der Waals surface area contributed by atoms with Crippen molar-refractivity contribution in [2.24, 2.45) is 11.8 Å². The first kappa shape index (κ1) is 27.8. The summed E-state index contributed by atoms with van der Waals surface area (Å²) in [7, 11) is 0. The number of hydrogen-bond acceptors (Lipinski definition) is 4. The molecule has 1 saturated carbocycles. The molecule has 41 heavy (non-hydrogen) atoms. The van der Waals surface area contributed by atoms with Gasteiger partial charge in [-0.2, -0.15) is 13.2 Å². The molecule has 2 aliphatic rings. The molecule has 4 aromatic rings. The summed E-state index contributed by atoms with van der Waals surface area (Å²) in [4.78, 5) is 15.9. The smallest absolute Gasteiger partial charge is 0.315 e. The lowest BCUT2D eigenvalue weighted by atomic mass is 9.72. The fraction of sp³-hybridized carbons (Fsp3) is 0.516. The summed E-state index contributed by atoms with van der Waals surface area (Å²) in [5, 5.41) is 8.67. The Bertz CT molecular complexity index is 1600. The van der Waals surface area contributed by atoms with E-state index in [-0.39, 0.29) is 17.5 Å². The maximum atomic E-state index is 14.3. The summed E-state index contributed by atoms with van der Waals surface area (Å²) in [6.07, 6.45) is 5.52. The van der Waals surface area contributed by atoms with Crippen LogP contribution in [0, 0.1) is 11.8 Å². The van der Waals surface area contributed by atoms with Crippen LogP contribution in [0.3, 0.4) is 0 Å². The summed E-state index contributed by atoms with van der Waals surface area (Å²) in [6.45, 7) is 8.42. The van der Waals surface area contributed by atoms with Crippen LogP contribution in [0.4, 0.5) is 13.2 Å². The molecule has 7 nitrogen and oxygen atoms in total. The van der Waals surface area contributed by atoms with E-state index in [1.807, 2.05) is 18.2 Å². The van der Waals surface area contributed by atoms with Crippen LogP contribution in [0.25, 0.3) is 11.2 Å². The van der Waals surface area contributed by atoms with Gasteiger partial charge in [0.25, 0.3) is 0 Å². The number of piperidine rings is 1. The van der Waals surface area contributed by atoms with Gasteiger partial charge in [0.05, 0.1) is 16.8 Å². The van der Waals surface area contributed by atoms with Crippen LogP contribution < -0.4 is 5.69 Å². The molecule has 3 aromatic heterocycles. The Morgan fingerprint density at radius 1 is 1.07 bits per heavy atom. The maximum Gasteiger partial charge on any atom is 0.418 e. The van der Waals surface area contributed by atoms with E-state index in [2.05, 4.69) is 40.4 Å². The van der Waals surface area contributed by atoms with E-state index in [0.29, 0.717) is 29.6 Å². The molecule has 0 radical (unpaired) electrons. The fourth-order valence-corrected chi connectivity index (χ4v) is 6.58. The zero-order chi connectivity index (χ0) is 28.9. The standard InChI is InChI=1S/C31H37F3N6O/c1-20(2)40-19-35-36-29(40)28(23-8-4-9-23)24-10-5-11-25(14-24)38-18-27-26(31(32,33)34)13-22(17-39(27)30(38)41)16-37-12-6-7-21(3)15-37/h5,10-11,13-14,17-21,23,28H,4,6-9,12,15-16H2,1-3H3/t21-,28+/m0/s1. The molecule has 1 aromatic carbocycles. The normalized spacial score (nSPS) is 19.6. The van der Waals surface area contributed by atoms with E-state index in [4.69, 9.17) is 0 Å². The van der Waals surface area contributed by atoms with E-state index in [9.17, 15) is 18.0 Å². The van der Waals surface area contributed by atoms with E-state index >= 15 is 0 Å². The summed E-state index contributed by atoms with van der Waals surface area (Å²) in [5.41, 5.74) is 0.576. The molecule has 2 atom stereocenters. The van der Waals surface area contributed by atoms with Crippen molar-refractivity contribution in [2.45, 2.75) is 77.6 Å². The average Bonchev–Trinajstić information content (AvgIpc) is 3.50. The van der Waals surface area contributed by atoms with Crippen LogP contribution in [0.2, 0.25) is 0 Å². The Labute approximate surface area is 237 Å². The lowest BCUT2D eigenvalue weighted by Crippen LogP contribution is -2.34. The van der Waals surface area contributed by atoms with Gasteiger partial charge >= 0.3 is 11.9 Å². The van der Waals surface area contributed by atoms with E-state index in [0.717, 1.165) is 61.0 Å². The van der Waals surface area contributed by atoms with Crippen molar-refractivity contribution in [3.05, 3.63) is 82.1 Å². The average molecular weight is 567 g/mol. The Balaban J connectivity index is 1.42. The van der Waals surface area contributed by atoms with Crippen LogP contribution in [-0.2, 0) is 12.7 Å². The second-order valence-corrected chi connectivity index (χ2v) is 12.2. The van der Waals surface area contributed by atoms with Crippen LogP contribution in [0.15, 0.2) is 53.8 Å². The third-order valence-electron chi connectivity index (χ3n) is 8.84. The largest absolute Gasteiger partial charge is 0.418 e. The van der Waals surface area contributed by atoms with Crippen LogP contribution >= 0.6 is 0 Å². The van der Waals surface area contributed by atoms with Crippen molar-refractivity contribution in [2.75, 3.05) is 13.1 Å². The van der Waals surface area contributed by atoms with Gasteiger partial charge in [-0.25, -0.2) is 4.79 Å². The summed E-state index contributed by atoms with van der Waals surface area (Å²) in [5.74, 6) is 1.77. The van der Waals surface area contributed by atoms with Gasteiger partial charge < -0.3 is 4.57 Å². The molecule has 6 rings (SSSR count). The topological polar surface area (TPSA) is 60.4 Å². The Kier molecular flexibility index (Phi) is 7.30. The highest BCUT2D eigenvalue weighted by Gasteiger charge is 2.36. The number of pyridine rings is 1. The molecule has 0 spiro atoms. The van der Waals surface area contributed by atoms with Crippen molar-refractivity contribution in [3.63, 3.8) is 0 Å². The quantitative estimate of drug-likeness (QED) is 0.258. The van der Waals surface area contributed by atoms with Gasteiger partial charge in [0.1, 0.15) is 12.2 Å². The molecular formula is C31H37F3N6O. The molecule has 1 aliphatic carbocycles. The van der Waals surface area contributed by atoms with E-state index in [1.54, 1.807) is 18.6 Å². The predicted molar refractivity (Wildman–Crippen MR) is 151 cm³/mol. The number of fused-ring (bicyclic) bond motifs is 1. The highest BCUT2D eigenvalue weighted by molar-refractivity contribution is 5.58. The second-order valence-electron chi connectivity index (χ2n) is 12.2. The molecule has 1 aliphatic heterocycles. The molecule has 4 heterocycles. The number of halogens is 3. The van der Waals surface area contributed by atoms with E-state index < -0.39 is 17.4 Å². The molecule has 0 N–H and O–H groups in total. The van der Waals surface area contributed by atoms with Gasteiger partial charge in [0, 0.05) is 37.4 Å². The highest BCUT2D eigenvalue weighted by atomic mass is 19.4. The molecule has 2 fully saturated rings. The second kappa shape index (κ2) is 10.8. The molecule has 0 amide bonds. The van der Waals surface area contributed by atoms with Crippen LogP contribution in [0.1, 0.15) is 87.3 Å². The summed E-state index contributed by atoms with van der Waals surface area (Å²) in [6, 6.07) is 8.99. The fourth-order valence-electron chi connectivity index (χ4n) is 6.58. The maximum absolute atomic E-state index is 14.3. The Morgan fingerprint density at radius 3 is 2.56 bits per heavy atom. The van der Waals surface area contributed by atoms with Crippen molar-refractivity contribution in [1.82, 2.24) is 28.6 Å². The number of alkyl halides is 3. The number of imidazole rings is 1. The van der Waals surface area contributed by atoms with Crippen molar-refractivity contribution in [3.8, 4) is 5.69 Å². The van der Waals surface area contributed by atoms with Gasteiger partial charge in [0.15, 0.2) is 0 Å². The first-order valence-corrected chi connectivity index (χ1v) is 14.7. The van der Waals surface area contributed by atoms with Gasteiger partial charge in [-0.3, -0.25) is 13.9 Å². The lowest BCUT2D eigenvalue weighted by Gasteiger charge is -2.34. The number of likely N-dealkylation sites (tertiary alicyclic amines) is 1. The van der Waals surface area contributed by atoms with Crippen molar-refractivity contribution < 1.29 is 13.2 Å². The number of hydrogen-bond donors (Lipinski definition) is 0. The number of nitrogens with zero attached hydrogens (tertiary/aromatic N) is 6. The minimum Gasteiger partial charge on any atom is -0.315 e. The first-order chi connectivity index (χ1) is 19.6. The molecular weight excluding hydrogens is 529 g/mol. The van der Waals surface area contributed by atoms with Crippen LogP contribution in [0.5, 0.6) is 0 Å². The molecule has 218 valence electrons. The van der Waals surface area contributed by atoms with Gasteiger partial charge in [-0.15, -0.1) is 10.2 Å². The highest BCUT2D eigenvalue weighted by Crippen LogP contribution is 2.43. The first-order valence-electron chi connectivity index (χ1n) is 14.7. The summed E-state index contributed by atoms with van der Waals surface area (Å²) < 4.78 is 47.5. The van der Waals surface area contributed by atoms with Crippen molar-refractivity contribution >= 4 is 5.52 Å². The number of aromatic nitrogens is 5. The van der Waals surface area contributed by atoms with Gasteiger partial charge in [0.2, 0.25) is 0 Å². The minimum absolute atomic E-state index is 0.00870. The molecule has 0 unspecified atom stereocenters. The molecule has 1 saturated heterocycles. The zero-order valence-corrected chi connectivity index (χ0v) is 23.8. The van der Waals surface area contributed by atoms with Gasteiger partial charge in [-0.1, -0.05) is 25.5 Å². The third-order valence-corrected chi connectivity index (χ3v) is 8.84. The number of benzene rings is 1. The van der Waals surface area contributed by atoms with Crippen LogP contribution in [-0.4, -0.2) is 41.7 Å². The van der Waals surface area contributed by atoms with E-state index in [1.165, 1.54) is 16.8 Å². The Morgan fingerprint density at radius 2 is 1.88 bits per heavy atom. The third kappa shape index (κ3) is 5.34. The van der Waals surface area contributed by atoms with Gasteiger partial charge in [-0.05, 0) is 87.2 Å². The predicted octanol–water partition coefficient (Wildman–Crippen LogP) is 6.45. The lowest BCUT2D eigenvalue weighted by molar-refractivity contribution is -0.136. The monoisotopic (exact) mass is 566 g/mol. The van der Waals surface area contributed by atoms with Crippen molar-refractivity contribution in [1.29, 1.82) is 0 Å². The minimum atomic E-state index is -4.59. The zero-order valence-electron chi connectivity index (χ0n) is 23.8. The summed E-state index contributed by atoms with van der Waals surface area (Å²) >= 11 is 0. The SMILES string of the molecule is CC(C)n1cnnc1[C@@H](c1cccc(-n2cc3c(C(F)(F)F)cc(CN4CCC[C@H](C)C4)cn3c2=O)c1)C1CCC1. The molecule has 10 heteroatoms. The number of rotatable bonds is 7. The Hall–Kier alpha value is -3.40. The molecule has 0 bridgehead atoms.